The minimum atomic E-state index is -4.10. The van der Waals surface area contributed by atoms with Gasteiger partial charge in [0.05, 0.1) is 94.2 Å². The molecule has 832 valence electrons. The number of piperidine rings is 4. The molecule has 4 aliphatic heterocycles. The molecule has 0 bridgehead atoms. The van der Waals surface area contributed by atoms with Crippen LogP contribution >= 0.6 is 0 Å². The Morgan fingerprint density at radius 1 is 0.531 bits per heavy atom. The van der Waals surface area contributed by atoms with Gasteiger partial charge in [-0.05, 0) is 132 Å². The zero-order valence-corrected chi connectivity index (χ0v) is 86.9. The number of carboxylic acids is 2. The second-order valence-electron chi connectivity index (χ2n) is 34.1. The first-order valence-electron chi connectivity index (χ1n) is 43.7. The van der Waals surface area contributed by atoms with Gasteiger partial charge < -0.3 is 73.6 Å². The Hall–Kier alpha value is -9.70. The van der Waals surface area contributed by atoms with Crippen molar-refractivity contribution < 1.29 is 183 Å². The molecule has 0 spiro atoms. The molecule has 4 aromatic rings. The normalized spacial score (nSPS) is 18.6. The summed E-state index contributed by atoms with van der Waals surface area (Å²) < 4.78 is 194. The number of nitrogens with zero attached hydrogens (tertiary/aromatic N) is 6. The number of ether oxygens (including phenoxy) is 8. The predicted molar refractivity (Wildman–Crippen MR) is 536 cm³/mol. The van der Waals surface area contributed by atoms with Crippen molar-refractivity contribution in [1.82, 2.24) is 38.3 Å². The molecule has 37 nitrogen and oxygen atoms in total. The first-order chi connectivity index (χ1) is 62.7. The van der Waals surface area contributed by atoms with Gasteiger partial charge in [0.15, 0.2) is 0 Å². The molecule has 1 aromatic heterocycles. The number of aliphatic hydroxyl groups is 2. The van der Waals surface area contributed by atoms with Gasteiger partial charge >= 0.3 is 48.5 Å². The minimum absolute atomic E-state index is 0. The van der Waals surface area contributed by atoms with E-state index in [1.54, 1.807) is 137 Å². The summed E-state index contributed by atoms with van der Waals surface area (Å²) in [6.07, 6.45) is -3.60. The Morgan fingerprint density at radius 2 is 0.874 bits per heavy atom. The van der Waals surface area contributed by atoms with Crippen molar-refractivity contribution in [3.63, 3.8) is 0 Å². The van der Waals surface area contributed by atoms with E-state index in [4.69, 9.17) is 58.1 Å². The number of carboxylic acid groups (broad SMARTS) is 2. The number of alkyl halides is 6. The van der Waals surface area contributed by atoms with Gasteiger partial charge in [0.2, 0.25) is 30.1 Å². The molecule has 143 heavy (non-hydrogen) atoms. The first-order valence-corrected chi connectivity index (χ1v) is 51.7. The number of aliphatic carboxylic acids is 2. The van der Waals surface area contributed by atoms with Gasteiger partial charge in [0.1, 0.15) is 36.8 Å². The number of carbonyl (C=O) groups excluding carboxylic acids is 8. The molecular formula is C95H164F6N8O29PdS3Si. The molecule has 48 heteroatoms. The zero-order valence-electron chi connectivity index (χ0n) is 81.8. The molecule has 6 amide bonds. The number of aromatic hydroxyl groups is 1. The number of nitrogens with one attached hydrogen (secondary N) is 2. The number of β-amino-alcohol motifs (C(OH)–C–C–N with tert-alkyl or cyclic N) is 1. The van der Waals surface area contributed by atoms with Crippen LogP contribution in [0.25, 0.3) is 0 Å². The van der Waals surface area contributed by atoms with Crippen LogP contribution in [0.5, 0.6) is 5.75 Å². The maximum absolute atomic E-state index is 14.5. The van der Waals surface area contributed by atoms with E-state index in [1.807, 2.05) is 48.5 Å². The summed E-state index contributed by atoms with van der Waals surface area (Å²) in [5, 5.41) is 45.7. The monoisotopic (exact) mass is 2220 g/mol. The number of aromatic nitrogens is 1. The van der Waals surface area contributed by atoms with E-state index in [0.717, 1.165) is 53.5 Å². The summed E-state index contributed by atoms with van der Waals surface area (Å²) in [4.78, 5) is 120. The third-order valence-electron chi connectivity index (χ3n) is 20.0. The number of likely N-dealkylation sites (tertiary alicyclic amines) is 3. The van der Waals surface area contributed by atoms with Crippen LogP contribution in [0.1, 0.15) is 228 Å². The largest absolute Gasteiger partial charge is 0.506 e. The van der Waals surface area contributed by atoms with Crippen LogP contribution in [0, 0.1) is 30.6 Å². The second-order valence-corrected chi connectivity index (χ2v) is 43.9. The predicted octanol–water partition coefficient (Wildman–Crippen LogP) is 17.5. The van der Waals surface area contributed by atoms with Crippen LogP contribution in [0.15, 0.2) is 103 Å². The number of aliphatic hydroxyl groups excluding tert-OH is 2. The van der Waals surface area contributed by atoms with E-state index in [9.17, 15) is 100 Å². The Morgan fingerprint density at radius 3 is 1.20 bits per heavy atom. The van der Waals surface area contributed by atoms with Gasteiger partial charge in [-0.2, -0.15) is 0 Å². The van der Waals surface area contributed by atoms with Crippen LogP contribution in [0.3, 0.4) is 0 Å². The summed E-state index contributed by atoms with van der Waals surface area (Å²) in [6, 6.07) is 31.0. The van der Waals surface area contributed by atoms with Gasteiger partial charge in [0.25, 0.3) is 29.7 Å². The summed E-state index contributed by atoms with van der Waals surface area (Å²) in [7, 11) is -11.7. The van der Waals surface area contributed by atoms with Crippen molar-refractivity contribution in [3.8, 4) is 5.75 Å². The molecule has 0 radical (unpaired) electrons. The van der Waals surface area contributed by atoms with E-state index < -0.39 is 201 Å². The van der Waals surface area contributed by atoms with E-state index in [-0.39, 0.29) is 150 Å². The van der Waals surface area contributed by atoms with Crippen LogP contribution in [0.4, 0.5) is 55.1 Å². The van der Waals surface area contributed by atoms with Gasteiger partial charge in [-0.3, -0.25) is 29.2 Å². The summed E-state index contributed by atoms with van der Waals surface area (Å²) in [5.41, 5.74) is 1.38. The van der Waals surface area contributed by atoms with E-state index in [2.05, 4.69) is 35.8 Å². The molecule has 4 saturated heterocycles. The van der Waals surface area contributed by atoms with Gasteiger partial charge in [-0.1, -0.05) is 174 Å². The van der Waals surface area contributed by atoms with E-state index in [1.165, 1.54) is 42.2 Å². The summed E-state index contributed by atoms with van der Waals surface area (Å²) in [5.74, 6) is -14.6. The Bertz CT molecular complexity index is 4700. The van der Waals surface area contributed by atoms with E-state index >= 15 is 0 Å². The van der Waals surface area contributed by atoms with Crippen molar-refractivity contribution >= 4 is 99.3 Å². The number of rotatable bonds is 22. The van der Waals surface area contributed by atoms with Crippen LogP contribution in [0.2, 0.25) is 18.1 Å². The molecule has 3 aromatic carbocycles. The number of aryl methyl sites for hydroxylation is 1. The maximum Gasteiger partial charge on any atom is 0.424 e. The average molecular weight is 2230 g/mol. The number of halogens is 6. The number of benzene rings is 3. The molecule has 9 atom stereocenters. The third-order valence-corrected chi connectivity index (χ3v) is 26.2. The molecule has 8 rings (SSSR count). The Labute approximate surface area is 860 Å². The van der Waals surface area contributed by atoms with Gasteiger partial charge in [-0.25, -0.2) is 98.5 Å². The number of hydrogen-bond acceptors (Lipinski definition) is 29. The summed E-state index contributed by atoms with van der Waals surface area (Å²) >= 11 is 0. The molecule has 0 aliphatic carbocycles. The fourth-order valence-electron chi connectivity index (χ4n) is 13.0. The summed E-state index contributed by atoms with van der Waals surface area (Å²) in [6.45, 7) is 29.8. The first kappa shape index (κ1) is 149. The molecule has 5 heterocycles. The van der Waals surface area contributed by atoms with Crippen LogP contribution < -0.4 is 10.0 Å². The maximum atomic E-state index is 14.5. The smallest absolute Gasteiger partial charge is 0.424 e. The van der Waals surface area contributed by atoms with Crippen LogP contribution in [-0.2, 0) is 123 Å². The SMILES string of the molecule is C.C.C.C.C.C.CC(=O)O.CC(=O)O.CC1C(CN(C(=O)OC(C)(C)C)S(C)(=O)=O)CC(F)(F)CN1C(=O)OCc1ccccc1.CC1C(CO)CC(F)(F)CN1C(=O)OCc1ccccc1.CC1NCC(F)(F)CC1CN(C(=O)OC(C)(C)C)S(C)(=O)=O.CCOC(=O)C1CC(O)CN(C(=O)OCc2ccccc2)C1C.CCOC(=O)NS(C)(=O)=O.CCOC(=O)c1cc(O)cnc1C.CC[SiH](CC)CC.[Pd]. The Kier molecular flexibility index (Phi) is 73.7. The van der Waals surface area contributed by atoms with Crippen molar-refractivity contribution in [2.24, 2.45) is 23.7 Å². The quantitative estimate of drug-likeness (QED) is 0.0166. The standard InChI is InChI=1S/C21H30F2N2O6S.C17H23NO5.C15H19F2NO3.C13H24F2N2O4S.C9H11NO3.C6H16Si.C4H9NO4S.2C2H4O2.6CH4.Pd/c1-15-17(12-25(32(5,28)29)19(27)31-20(2,3)4)11-21(22,23)14-24(15)18(26)30-13-16-9-7-6-8-10-16;1-3-22-16(20)15-9-14(19)10-18(12(15)2)17(21)23-11-13-7-5-4-6-8-13;1-11-13(8-19)7-15(16,17)10-18(11)14(20)21-9-12-5-3-2-4-6-12;1-9-10(6-13(14,15)8-16-9)7-17(22(5,19)20)11(18)21-12(2,3)4;1-3-13-9(12)8-4-7(11)5-10-6(8)2;1-4-7(5-2)6-3;1-3-9-4(6)5-10(2,7)8;2*1-2(3)4;;;;;;;/h6-10,15,17H,11-14H2,1-5H3;4-8,12,14-15,19H,3,9-11H2,1-2H3;2-6,11,13,19H,7-10H2,1H3;9-10,16H,6-8H2,1-5H3;4-5,11H,3H2,1-2H3;7H,4-6H2,1-3H3;3H2,1-2H3,(H,5,6);2*1H3,(H,3,4);6*1H4;. The fourth-order valence-corrected chi connectivity index (χ4v) is 16.6. The molecule has 4 fully saturated rings. The average Bonchev–Trinajstić information content (AvgIpc) is 0.777. The van der Waals surface area contributed by atoms with Gasteiger partial charge in [0, 0.05) is 118 Å². The second kappa shape index (κ2) is 70.9. The number of esters is 2. The number of hydrogen-bond donors (Lipinski definition) is 7. The van der Waals surface area contributed by atoms with Crippen molar-refractivity contribution in [2.75, 3.05) is 84.5 Å². The number of amides is 6. The number of pyridine rings is 1. The number of sulfonamides is 3. The molecule has 4 aliphatic rings. The molecule has 9 unspecified atom stereocenters. The molecular weight excluding hydrogens is 2060 g/mol. The number of carbonyl (C=O) groups is 10. The molecule has 0 saturated carbocycles. The van der Waals surface area contributed by atoms with E-state index in [0.29, 0.717) is 38.5 Å². The molecule has 7 N–H and O–H groups in total. The van der Waals surface area contributed by atoms with Crippen molar-refractivity contribution in [1.29, 1.82) is 0 Å². The Balaban J connectivity index is -0.000000251. The van der Waals surface area contributed by atoms with Crippen molar-refractivity contribution in [3.05, 3.63) is 131 Å². The topological polar surface area (TPSA) is 501 Å². The van der Waals surface area contributed by atoms with Crippen LogP contribution in [-0.4, -0.2) is 292 Å². The zero-order chi connectivity index (χ0) is 105. The fraction of sp³-hybridized carbons (Fsp3) is 0.653. The minimum Gasteiger partial charge on any atom is -0.506 e. The van der Waals surface area contributed by atoms with Gasteiger partial charge in [-0.15, -0.1) is 0 Å². The third kappa shape index (κ3) is 62.7. The van der Waals surface area contributed by atoms with Crippen molar-refractivity contribution in [2.45, 2.75) is 299 Å².